The molecule has 2 unspecified atom stereocenters. The lowest BCUT2D eigenvalue weighted by atomic mass is 9.57. The number of allylic oxidation sites excluding steroid dienone is 2. The summed E-state index contributed by atoms with van der Waals surface area (Å²) in [6, 6.07) is 0. The fraction of sp³-hybridized carbons (Fsp3) is 0.800. The van der Waals surface area contributed by atoms with Gasteiger partial charge in [0.05, 0.1) is 6.10 Å². The van der Waals surface area contributed by atoms with Crippen molar-refractivity contribution in [3.05, 3.63) is 23.8 Å². The van der Waals surface area contributed by atoms with Crippen LogP contribution in [0.4, 0.5) is 0 Å². The van der Waals surface area contributed by atoms with E-state index in [0.29, 0.717) is 0 Å². The smallest absolute Gasteiger partial charge is 0.0937 e. The van der Waals surface area contributed by atoms with Crippen LogP contribution in [0.3, 0.4) is 0 Å². The SMILES string of the molecule is CCCCC1(C(C)(C)CC)C=CC(O)C(C(C)(C)CC)=C1. The average Bonchev–Trinajstić information content (AvgIpc) is 2.46. The summed E-state index contributed by atoms with van der Waals surface area (Å²) in [5.41, 5.74) is 1.57. The minimum Gasteiger partial charge on any atom is -0.385 e. The topological polar surface area (TPSA) is 20.2 Å². The summed E-state index contributed by atoms with van der Waals surface area (Å²) in [5, 5.41) is 10.5. The number of hydrogen-bond donors (Lipinski definition) is 1. The van der Waals surface area contributed by atoms with Crippen molar-refractivity contribution < 1.29 is 5.11 Å². The lowest BCUT2D eigenvalue weighted by molar-refractivity contribution is 0.134. The molecule has 0 fully saturated rings. The Morgan fingerprint density at radius 1 is 1.10 bits per heavy atom. The summed E-state index contributed by atoms with van der Waals surface area (Å²) in [6.45, 7) is 16.0. The molecule has 1 aliphatic rings. The van der Waals surface area contributed by atoms with Crippen molar-refractivity contribution in [3.8, 4) is 0 Å². The Morgan fingerprint density at radius 2 is 1.71 bits per heavy atom. The molecule has 0 heterocycles. The Balaban J connectivity index is 3.34. The molecule has 0 bridgehead atoms. The molecule has 1 N–H and O–H groups in total. The molecule has 0 aromatic carbocycles. The van der Waals surface area contributed by atoms with Crippen molar-refractivity contribution >= 4 is 0 Å². The Hall–Kier alpha value is -0.560. The van der Waals surface area contributed by atoms with E-state index in [1.165, 1.54) is 24.8 Å². The maximum Gasteiger partial charge on any atom is 0.0937 e. The molecular formula is C20H36O. The van der Waals surface area contributed by atoms with E-state index < -0.39 is 6.10 Å². The summed E-state index contributed by atoms with van der Waals surface area (Å²) in [6.07, 6.45) is 12.2. The third-order valence-electron chi connectivity index (χ3n) is 6.06. The molecule has 122 valence electrons. The molecule has 1 heteroatoms. The maximum atomic E-state index is 10.5. The van der Waals surface area contributed by atoms with Gasteiger partial charge in [-0.25, -0.2) is 0 Å². The Morgan fingerprint density at radius 3 is 2.19 bits per heavy atom. The third-order valence-corrected chi connectivity index (χ3v) is 6.06. The minimum absolute atomic E-state index is 0.0610. The van der Waals surface area contributed by atoms with Gasteiger partial charge in [-0.1, -0.05) is 79.5 Å². The monoisotopic (exact) mass is 292 g/mol. The maximum absolute atomic E-state index is 10.5. The van der Waals surface area contributed by atoms with Crippen molar-refractivity contribution in [2.75, 3.05) is 0 Å². The van der Waals surface area contributed by atoms with Gasteiger partial charge in [0.2, 0.25) is 0 Å². The summed E-state index contributed by atoms with van der Waals surface area (Å²) >= 11 is 0. The predicted octanol–water partition coefficient (Wildman–Crippen LogP) is 5.89. The van der Waals surface area contributed by atoms with Gasteiger partial charge in [-0.3, -0.25) is 0 Å². The van der Waals surface area contributed by atoms with Crippen LogP contribution in [0.25, 0.3) is 0 Å². The molecule has 2 atom stereocenters. The van der Waals surface area contributed by atoms with Crippen LogP contribution in [-0.4, -0.2) is 11.2 Å². The van der Waals surface area contributed by atoms with E-state index in [9.17, 15) is 5.11 Å². The van der Waals surface area contributed by atoms with E-state index in [1.54, 1.807) is 0 Å². The van der Waals surface area contributed by atoms with Gasteiger partial charge in [-0.15, -0.1) is 0 Å². The van der Waals surface area contributed by atoms with Crippen LogP contribution in [0, 0.1) is 16.2 Å². The molecule has 0 aromatic rings. The fourth-order valence-corrected chi connectivity index (χ4v) is 3.29. The molecule has 1 aliphatic carbocycles. The first-order valence-corrected chi connectivity index (χ1v) is 8.76. The highest BCUT2D eigenvalue weighted by atomic mass is 16.3. The highest BCUT2D eigenvalue weighted by Gasteiger charge is 2.43. The molecule has 0 spiro atoms. The highest BCUT2D eigenvalue weighted by Crippen LogP contribution is 2.52. The molecule has 21 heavy (non-hydrogen) atoms. The summed E-state index contributed by atoms with van der Waals surface area (Å²) in [7, 11) is 0. The van der Waals surface area contributed by atoms with E-state index in [0.717, 1.165) is 12.8 Å². The molecule has 1 nitrogen and oxygen atoms in total. The van der Waals surface area contributed by atoms with Gasteiger partial charge in [0.15, 0.2) is 0 Å². The first-order chi connectivity index (χ1) is 9.65. The molecule has 0 saturated heterocycles. The minimum atomic E-state index is -0.414. The van der Waals surface area contributed by atoms with Crippen LogP contribution in [0.15, 0.2) is 23.8 Å². The highest BCUT2D eigenvalue weighted by molar-refractivity contribution is 5.34. The number of hydrogen-bond acceptors (Lipinski definition) is 1. The second-order valence-electron chi connectivity index (χ2n) is 8.02. The molecule has 0 saturated carbocycles. The van der Waals surface area contributed by atoms with Gasteiger partial charge < -0.3 is 5.11 Å². The molecule has 0 aromatic heterocycles. The number of unbranched alkanes of at least 4 members (excludes halogenated alkanes) is 1. The quantitative estimate of drug-likeness (QED) is 0.580. The number of aliphatic hydroxyl groups excluding tert-OH is 1. The largest absolute Gasteiger partial charge is 0.385 e. The van der Waals surface area contributed by atoms with Crippen LogP contribution in [-0.2, 0) is 0 Å². The molecule has 0 aliphatic heterocycles. The van der Waals surface area contributed by atoms with E-state index in [1.807, 2.05) is 6.08 Å². The van der Waals surface area contributed by atoms with Gasteiger partial charge in [0.25, 0.3) is 0 Å². The average molecular weight is 293 g/mol. The summed E-state index contributed by atoms with van der Waals surface area (Å²) < 4.78 is 0. The van der Waals surface area contributed by atoms with Gasteiger partial charge in [-0.2, -0.15) is 0 Å². The van der Waals surface area contributed by atoms with Crippen molar-refractivity contribution in [2.24, 2.45) is 16.2 Å². The van der Waals surface area contributed by atoms with Crippen molar-refractivity contribution in [1.82, 2.24) is 0 Å². The zero-order chi connectivity index (χ0) is 16.3. The van der Waals surface area contributed by atoms with Gasteiger partial charge in [0, 0.05) is 5.41 Å². The Kier molecular flexibility index (Phi) is 5.89. The van der Waals surface area contributed by atoms with Crippen molar-refractivity contribution in [2.45, 2.75) is 86.7 Å². The van der Waals surface area contributed by atoms with Crippen molar-refractivity contribution in [3.63, 3.8) is 0 Å². The van der Waals surface area contributed by atoms with E-state index in [2.05, 4.69) is 60.6 Å². The van der Waals surface area contributed by atoms with Crippen molar-refractivity contribution in [1.29, 1.82) is 0 Å². The van der Waals surface area contributed by atoms with Crippen LogP contribution in [0.5, 0.6) is 0 Å². The fourth-order valence-electron chi connectivity index (χ4n) is 3.29. The molecule has 1 rings (SSSR count). The van der Waals surface area contributed by atoms with Crippen LogP contribution in [0.1, 0.15) is 80.6 Å². The third kappa shape index (κ3) is 3.62. The van der Waals surface area contributed by atoms with Gasteiger partial charge in [-0.05, 0) is 35.7 Å². The van der Waals surface area contributed by atoms with E-state index in [-0.39, 0.29) is 16.2 Å². The van der Waals surface area contributed by atoms with Gasteiger partial charge in [0.1, 0.15) is 0 Å². The van der Waals surface area contributed by atoms with E-state index >= 15 is 0 Å². The summed E-state index contributed by atoms with van der Waals surface area (Å²) in [4.78, 5) is 0. The second kappa shape index (κ2) is 6.69. The first kappa shape index (κ1) is 18.5. The second-order valence-corrected chi connectivity index (χ2v) is 8.02. The summed E-state index contributed by atoms with van der Waals surface area (Å²) in [5.74, 6) is 0. The zero-order valence-corrected chi connectivity index (χ0v) is 15.3. The van der Waals surface area contributed by atoms with Crippen LogP contribution < -0.4 is 0 Å². The van der Waals surface area contributed by atoms with Crippen LogP contribution >= 0.6 is 0 Å². The molecule has 0 radical (unpaired) electrons. The zero-order valence-electron chi connectivity index (χ0n) is 15.3. The normalized spacial score (nSPS) is 26.9. The standard InChI is InChI=1S/C20H36O/c1-8-11-13-20(19(6,7)10-3)14-12-17(21)16(15-20)18(4,5)9-2/h12,14-15,17,21H,8-11,13H2,1-7H3. The lowest BCUT2D eigenvalue weighted by Gasteiger charge is -2.47. The first-order valence-electron chi connectivity index (χ1n) is 8.76. The van der Waals surface area contributed by atoms with E-state index in [4.69, 9.17) is 0 Å². The number of aliphatic hydroxyl groups is 1. The molecular weight excluding hydrogens is 256 g/mol. The van der Waals surface area contributed by atoms with Gasteiger partial charge >= 0.3 is 0 Å². The number of rotatable bonds is 7. The Bertz CT molecular complexity index is 400. The lowest BCUT2D eigenvalue weighted by Crippen LogP contribution is -2.39. The van der Waals surface area contributed by atoms with Crippen LogP contribution in [0.2, 0.25) is 0 Å². The molecule has 0 amide bonds. The Labute approximate surface area is 132 Å². The predicted molar refractivity (Wildman–Crippen MR) is 93.3 cm³/mol.